The number of unbranched alkanes of at least 4 members (excludes halogenated alkanes) is 1. The van der Waals surface area contributed by atoms with Gasteiger partial charge in [-0.15, -0.1) is 0 Å². The van der Waals surface area contributed by atoms with Gasteiger partial charge in [-0.05, 0) is 43.0 Å². The molecule has 0 aromatic heterocycles. The summed E-state index contributed by atoms with van der Waals surface area (Å²) in [5.74, 6) is 2.33. The zero-order chi connectivity index (χ0) is 15.1. The maximum absolute atomic E-state index is 11.8. The van der Waals surface area contributed by atoms with E-state index in [1.807, 2.05) is 21.6 Å². The summed E-state index contributed by atoms with van der Waals surface area (Å²) >= 11 is 0. The summed E-state index contributed by atoms with van der Waals surface area (Å²) in [6, 6.07) is 6.23. The Kier molecular flexibility index (Phi) is 6.45. The van der Waals surface area contributed by atoms with Gasteiger partial charge >= 0.3 is 5.97 Å². The van der Waals surface area contributed by atoms with Gasteiger partial charge in [-0.1, -0.05) is 28.0 Å². The van der Waals surface area contributed by atoms with E-state index in [4.69, 9.17) is 5.11 Å². The smallest absolute Gasteiger partial charge is 0.335 e. The molecule has 4 nitrogen and oxygen atoms in total. The SMILES string of the molecule is O=C(CCCCC1CSSC1)Nc1ccc(C(=O)O)cc1. The first-order valence-corrected chi connectivity index (χ1v) is 9.51. The van der Waals surface area contributed by atoms with Crippen molar-refractivity contribution in [2.75, 3.05) is 16.8 Å². The number of benzene rings is 1. The molecule has 21 heavy (non-hydrogen) atoms. The van der Waals surface area contributed by atoms with E-state index < -0.39 is 5.97 Å². The standard InChI is InChI=1S/C15H19NO3S2/c17-14(4-2-1-3-11-9-20-21-10-11)16-13-7-5-12(6-8-13)15(18)19/h5-8,11H,1-4,9-10H2,(H,16,17)(H,18,19). The minimum absolute atomic E-state index is 0.00625. The summed E-state index contributed by atoms with van der Waals surface area (Å²) < 4.78 is 0. The average molecular weight is 325 g/mol. The monoisotopic (exact) mass is 325 g/mol. The van der Waals surface area contributed by atoms with Gasteiger partial charge in [-0.2, -0.15) is 0 Å². The summed E-state index contributed by atoms with van der Waals surface area (Å²) in [7, 11) is 3.89. The third-order valence-electron chi connectivity index (χ3n) is 3.37. The lowest BCUT2D eigenvalue weighted by molar-refractivity contribution is -0.116. The van der Waals surface area contributed by atoms with Gasteiger partial charge in [0.15, 0.2) is 0 Å². The highest BCUT2D eigenvalue weighted by Gasteiger charge is 2.15. The molecule has 1 fully saturated rings. The molecule has 0 saturated carbocycles. The fourth-order valence-electron chi connectivity index (χ4n) is 2.14. The number of nitrogens with one attached hydrogen (secondary N) is 1. The Hall–Kier alpha value is -1.14. The number of carbonyl (C=O) groups excluding carboxylic acids is 1. The largest absolute Gasteiger partial charge is 0.478 e. The Bertz CT molecular complexity index is 484. The molecule has 1 heterocycles. The lowest BCUT2D eigenvalue weighted by Crippen LogP contribution is -2.11. The Morgan fingerprint density at radius 2 is 1.81 bits per heavy atom. The second-order valence-corrected chi connectivity index (χ2v) is 7.66. The van der Waals surface area contributed by atoms with Crippen molar-refractivity contribution in [3.8, 4) is 0 Å². The molecule has 1 aliphatic rings. The van der Waals surface area contributed by atoms with Crippen LogP contribution < -0.4 is 5.32 Å². The Morgan fingerprint density at radius 3 is 2.43 bits per heavy atom. The predicted molar refractivity (Wildman–Crippen MR) is 88.9 cm³/mol. The van der Waals surface area contributed by atoms with E-state index in [1.54, 1.807) is 12.1 Å². The van der Waals surface area contributed by atoms with Crippen LogP contribution in [0.3, 0.4) is 0 Å². The maximum atomic E-state index is 11.8. The number of carboxylic acids is 1. The molecule has 2 rings (SSSR count). The van der Waals surface area contributed by atoms with E-state index in [-0.39, 0.29) is 11.5 Å². The van der Waals surface area contributed by atoms with Crippen molar-refractivity contribution in [1.29, 1.82) is 0 Å². The quantitative estimate of drug-likeness (QED) is 0.588. The summed E-state index contributed by atoms with van der Waals surface area (Å²) in [6.45, 7) is 0. The normalized spacial score (nSPS) is 15.0. The van der Waals surface area contributed by atoms with Crippen LogP contribution in [0.1, 0.15) is 36.0 Å². The predicted octanol–water partition coefficient (Wildman–Crippen LogP) is 3.89. The van der Waals surface area contributed by atoms with Crippen LogP contribution >= 0.6 is 21.6 Å². The van der Waals surface area contributed by atoms with E-state index in [9.17, 15) is 9.59 Å². The number of rotatable bonds is 7. The van der Waals surface area contributed by atoms with Crippen LogP contribution in [-0.4, -0.2) is 28.5 Å². The van der Waals surface area contributed by atoms with Gasteiger partial charge in [0.1, 0.15) is 0 Å². The molecule has 0 unspecified atom stereocenters. The summed E-state index contributed by atoms with van der Waals surface area (Å²) in [5, 5.41) is 11.6. The van der Waals surface area contributed by atoms with E-state index in [0.29, 0.717) is 12.1 Å². The minimum atomic E-state index is -0.962. The van der Waals surface area contributed by atoms with Gasteiger partial charge in [0.25, 0.3) is 0 Å². The molecular formula is C15H19NO3S2. The Labute approximate surface area is 132 Å². The van der Waals surface area contributed by atoms with Crippen LogP contribution in [0.2, 0.25) is 0 Å². The molecule has 1 saturated heterocycles. The van der Waals surface area contributed by atoms with Gasteiger partial charge in [0.05, 0.1) is 5.56 Å². The zero-order valence-corrected chi connectivity index (χ0v) is 13.3. The van der Waals surface area contributed by atoms with Gasteiger partial charge < -0.3 is 10.4 Å². The molecule has 1 amide bonds. The number of hydrogen-bond acceptors (Lipinski definition) is 4. The first-order valence-electron chi connectivity index (χ1n) is 7.03. The molecule has 0 aliphatic carbocycles. The van der Waals surface area contributed by atoms with Gasteiger partial charge in [-0.3, -0.25) is 4.79 Å². The molecule has 114 valence electrons. The van der Waals surface area contributed by atoms with E-state index in [0.717, 1.165) is 18.8 Å². The van der Waals surface area contributed by atoms with Crippen LogP contribution in [-0.2, 0) is 4.79 Å². The van der Waals surface area contributed by atoms with Crippen LogP contribution in [0.25, 0.3) is 0 Å². The van der Waals surface area contributed by atoms with Crippen molar-refractivity contribution >= 4 is 39.2 Å². The molecule has 0 atom stereocenters. The van der Waals surface area contributed by atoms with Crippen molar-refractivity contribution in [1.82, 2.24) is 0 Å². The molecular weight excluding hydrogens is 306 g/mol. The fourth-order valence-corrected chi connectivity index (χ4v) is 5.17. The number of carboxylic acid groups (broad SMARTS) is 1. The molecule has 0 radical (unpaired) electrons. The zero-order valence-electron chi connectivity index (χ0n) is 11.7. The van der Waals surface area contributed by atoms with Crippen LogP contribution in [0.4, 0.5) is 5.69 Å². The molecule has 0 spiro atoms. The van der Waals surface area contributed by atoms with E-state index >= 15 is 0 Å². The molecule has 1 aliphatic heterocycles. The van der Waals surface area contributed by atoms with E-state index in [2.05, 4.69) is 5.32 Å². The summed E-state index contributed by atoms with van der Waals surface area (Å²) in [4.78, 5) is 22.5. The van der Waals surface area contributed by atoms with Crippen LogP contribution in [0.15, 0.2) is 24.3 Å². The number of anilines is 1. The Balaban J connectivity index is 1.65. The number of aromatic carboxylic acids is 1. The first-order chi connectivity index (χ1) is 10.1. The molecule has 0 bridgehead atoms. The maximum Gasteiger partial charge on any atom is 0.335 e. The van der Waals surface area contributed by atoms with Gasteiger partial charge in [0.2, 0.25) is 5.91 Å². The van der Waals surface area contributed by atoms with Crippen molar-refractivity contribution < 1.29 is 14.7 Å². The third-order valence-corrected chi connectivity index (χ3v) is 6.07. The molecule has 2 N–H and O–H groups in total. The van der Waals surface area contributed by atoms with Crippen LogP contribution in [0.5, 0.6) is 0 Å². The lowest BCUT2D eigenvalue weighted by atomic mass is 10.0. The van der Waals surface area contributed by atoms with Crippen molar-refractivity contribution in [2.24, 2.45) is 5.92 Å². The Morgan fingerprint density at radius 1 is 1.14 bits per heavy atom. The lowest BCUT2D eigenvalue weighted by Gasteiger charge is -2.07. The van der Waals surface area contributed by atoms with Crippen molar-refractivity contribution in [3.63, 3.8) is 0 Å². The van der Waals surface area contributed by atoms with Crippen molar-refractivity contribution in [3.05, 3.63) is 29.8 Å². The minimum Gasteiger partial charge on any atom is -0.478 e. The second kappa shape index (κ2) is 8.34. The number of hydrogen-bond donors (Lipinski definition) is 2. The third kappa shape index (κ3) is 5.63. The molecule has 6 heteroatoms. The first kappa shape index (κ1) is 16.2. The number of amides is 1. The molecule has 1 aromatic rings. The van der Waals surface area contributed by atoms with Crippen LogP contribution in [0, 0.1) is 5.92 Å². The highest BCUT2D eigenvalue weighted by atomic mass is 33.1. The fraction of sp³-hybridized carbons (Fsp3) is 0.467. The summed E-state index contributed by atoms with van der Waals surface area (Å²) in [6.07, 6.45) is 3.73. The second-order valence-electron chi connectivity index (χ2n) is 5.11. The summed E-state index contributed by atoms with van der Waals surface area (Å²) in [5.41, 5.74) is 0.869. The topological polar surface area (TPSA) is 66.4 Å². The van der Waals surface area contributed by atoms with E-state index in [1.165, 1.54) is 30.1 Å². The number of carbonyl (C=O) groups is 2. The molecule has 1 aromatic carbocycles. The highest BCUT2D eigenvalue weighted by Crippen LogP contribution is 2.36. The van der Waals surface area contributed by atoms with Gasteiger partial charge in [0, 0.05) is 23.6 Å². The van der Waals surface area contributed by atoms with Gasteiger partial charge in [-0.25, -0.2) is 4.79 Å². The van der Waals surface area contributed by atoms with Crippen molar-refractivity contribution in [2.45, 2.75) is 25.7 Å². The highest BCUT2D eigenvalue weighted by molar-refractivity contribution is 8.77. The average Bonchev–Trinajstić information content (AvgIpc) is 2.97.